The van der Waals surface area contributed by atoms with Gasteiger partial charge in [0.1, 0.15) is 0 Å². The summed E-state index contributed by atoms with van der Waals surface area (Å²) in [6, 6.07) is 0. The first-order chi connectivity index (χ1) is 7.77. The highest BCUT2D eigenvalue weighted by molar-refractivity contribution is 5.65. The van der Waals surface area contributed by atoms with E-state index < -0.39 is 0 Å². The molecular weight excluding hydrogens is 204 g/mol. The topological polar surface area (TPSA) is 46.5 Å². The van der Waals surface area contributed by atoms with Gasteiger partial charge in [0.05, 0.1) is 6.61 Å². The molecule has 0 unspecified atom stereocenters. The maximum Gasteiger partial charge on any atom is 0.302 e. The predicted octanol–water partition coefficient (Wildman–Crippen LogP) is 2.83. The highest BCUT2D eigenvalue weighted by Crippen LogP contribution is 2.06. The van der Waals surface area contributed by atoms with Crippen molar-refractivity contribution in [1.82, 2.24) is 0 Å². The second-order valence-corrected chi connectivity index (χ2v) is 3.88. The summed E-state index contributed by atoms with van der Waals surface area (Å²) in [7, 11) is 0. The standard InChI is InChI=1S/C13H24O3/c1-13(15)16-12-10-8-6-4-2-3-5-7-9-11-14/h5,7,14H,2-4,6,8-12H2,1H3/b7-5+. The molecule has 16 heavy (non-hydrogen) atoms. The van der Waals surface area contributed by atoms with Crippen molar-refractivity contribution in [1.29, 1.82) is 0 Å². The van der Waals surface area contributed by atoms with Crippen molar-refractivity contribution >= 4 is 5.97 Å². The number of esters is 1. The number of unbranched alkanes of at least 4 members (excludes halogenated alkanes) is 5. The molecule has 0 rings (SSSR count). The number of hydrogen-bond donors (Lipinski definition) is 1. The van der Waals surface area contributed by atoms with E-state index in [0.717, 1.165) is 25.7 Å². The molecule has 0 aliphatic rings. The highest BCUT2D eigenvalue weighted by Gasteiger charge is 1.93. The van der Waals surface area contributed by atoms with E-state index in [1.165, 1.54) is 26.2 Å². The molecule has 0 aromatic rings. The number of aliphatic hydroxyl groups excluding tert-OH is 1. The van der Waals surface area contributed by atoms with Gasteiger partial charge in [0.25, 0.3) is 0 Å². The first-order valence-electron chi connectivity index (χ1n) is 6.16. The lowest BCUT2D eigenvalue weighted by atomic mass is 10.1. The molecule has 0 saturated carbocycles. The van der Waals surface area contributed by atoms with E-state index in [-0.39, 0.29) is 12.6 Å². The molecule has 0 spiro atoms. The van der Waals surface area contributed by atoms with E-state index in [4.69, 9.17) is 9.84 Å². The molecule has 0 heterocycles. The number of carbonyl (C=O) groups excluding carboxylic acids is 1. The highest BCUT2D eigenvalue weighted by atomic mass is 16.5. The molecule has 0 radical (unpaired) electrons. The third-order valence-electron chi connectivity index (χ3n) is 2.28. The summed E-state index contributed by atoms with van der Waals surface area (Å²) in [5.74, 6) is -0.186. The summed E-state index contributed by atoms with van der Waals surface area (Å²) in [6.45, 7) is 2.25. The van der Waals surface area contributed by atoms with Crippen LogP contribution in [0.3, 0.4) is 0 Å². The Labute approximate surface area is 98.5 Å². The average Bonchev–Trinajstić information content (AvgIpc) is 2.25. The van der Waals surface area contributed by atoms with Crippen molar-refractivity contribution in [2.45, 2.75) is 51.9 Å². The zero-order chi connectivity index (χ0) is 12.1. The van der Waals surface area contributed by atoms with Gasteiger partial charge in [-0.15, -0.1) is 0 Å². The smallest absolute Gasteiger partial charge is 0.302 e. The molecule has 3 heteroatoms. The number of aliphatic hydroxyl groups is 1. The summed E-state index contributed by atoms with van der Waals surface area (Å²) in [4.78, 5) is 10.5. The predicted molar refractivity (Wildman–Crippen MR) is 65.2 cm³/mol. The second-order valence-electron chi connectivity index (χ2n) is 3.88. The van der Waals surface area contributed by atoms with Gasteiger partial charge in [-0.3, -0.25) is 4.79 Å². The maximum atomic E-state index is 10.5. The first kappa shape index (κ1) is 15.2. The Bertz CT molecular complexity index is 188. The fraction of sp³-hybridized carbons (Fsp3) is 0.769. The molecule has 0 saturated heterocycles. The Hall–Kier alpha value is -0.830. The molecule has 0 bridgehead atoms. The van der Waals surface area contributed by atoms with Crippen LogP contribution in [0.1, 0.15) is 51.9 Å². The van der Waals surface area contributed by atoms with Crippen molar-refractivity contribution in [3.05, 3.63) is 12.2 Å². The molecular formula is C13H24O3. The zero-order valence-electron chi connectivity index (χ0n) is 10.3. The summed E-state index contributed by atoms with van der Waals surface area (Å²) >= 11 is 0. The number of carbonyl (C=O) groups is 1. The van der Waals surface area contributed by atoms with Gasteiger partial charge in [0.2, 0.25) is 0 Å². The van der Waals surface area contributed by atoms with Crippen molar-refractivity contribution in [3.63, 3.8) is 0 Å². The van der Waals surface area contributed by atoms with E-state index in [9.17, 15) is 4.79 Å². The van der Waals surface area contributed by atoms with E-state index in [1.807, 2.05) is 6.08 Å². The van der Waals surface area contributed by atoms with Crippen LogP contribution in [-0.4, -0.2) is 24.3 Å². The summed E-state index contributed by atoms with van der Waals surface area (Å²) in [6.07, 6.45) is 11.8. The molecule has 0 aliphatic carbocycles. The lowest BCUT2D eigenvalue weighted by molar-refractivity contribution is -0.141. The lowest BCUT2D eigenvalue weighted by Crippen LogP contribution is -1.99. The van der Waals surface area contributed by atoms with Crippen LogP contribution in [0.5, 0.6) is 0 Å². The summed E-state index contributed by atoms with van der Waals surface area (Å²) in [5, 5.41) is 8.54. The minimum Gasteiger partial charge on any atom is -0.466 e. The van der Waals surface area contributed by atoms with E-state index >= 15 is 0 Å². The van der Waals surface area contributed by atoms with Gasteiger partial charge < -0.3 is 9.84 Å². The SMILES string of the molecule is CC(=O)OCCCCCCC/C=C/CCO. The van der Waals surface area contributed by atoms with Gasteiger partial charge in [-0.05, 0) is 25.7 Å². The van der Waals surface area contributed by atoms with E-state index in [1.54, 1.807) is 0 Å². The molecule has 0 aromatic carbocycles. The van der Waals surface area contributed by atoms with E-state index in [2.05, 4.69) is 6.08 Å². The van der Waals surface area contributed by atoms with Crippen LogP contribution in [0.15, 0.2) is 12.2 Å². The second kappa shape index (κ2) is 12.2. The van der Waals surface area contributed by atoms with Crippen LogP contribution in [0, 0.1) is 0 Å². The van der Waals surface area contributed by atoms with Crippen LogP contribution in [0.4, 0.5) is 0 Å². The lowest BCUT2D eigenvalue weighted by Gasteiger charge is -2.01. The fourth-order valence-electron chi connectivity index (χ4n) is 1.42. The quantitative estimate of drug-likeness (QED) is 0.355. The molecule has 0 atom stereocenters. The number of ether oxygens (including phenoxy) is 1. The van der Waals surface area contributed by atoms with Crippen molar-refractivity contribution in [2.24, 2.45) is 0 Å². The minimum absolute atomic E-state index is 0.186. The number of allylic oxidation sites excluding steroid dienone is 1. The molecule has 1 N–H and O–H groups in total. The Morgan fingerprint density at radius 3 is 2.38 bits per heavy atom. The van der Waals surface area contributed by atoms with Crippen LogP contribution in [0.25, 0.3) is 0 Å². The van der Waals surface area contributed by atoms with E-state index in [0.29, 0.717) is 6.61 Å². The summed E-state index contributed by atoms with van der Waals surface area (Å²) < 4.78 is 4.84. The van der Waals surface area contributed by atoms with Gasteiger partial charge in [-0.25, -0.2) is 0 Å². The molecule has 94 valence electrons. The third kappa shape index (κ3) is 13.2. The third-order valence-corrected chi connectivity index (χ3v) is 2.28. The molecule has 0 amide bonds. The minimum atomic E-state index is -0.186. The Morgan fingerprint density at radius 2 is 1.69 bits per heavy atom. The van der Waals surface area contributed by atoms with Gasteiger partial charge in [-0.1, -0.05) is 31.4 Å². The van der Waals surface area contributed by atoms with Gasteiger partial charge in [-0.2, -0.15) is 0 Å². The Kier molecular flexibility index (Phi) is 11.6. The first-order valence-corrected chi connectivity index (χ1v) is 6.16. The van der Waals surface area contributed by atoms with Crippen LogP contribution >= 0.6 is 0 Å². The van der Waals surface area contributed by atoms with Crippen LogP contribution in [0.2, 0.25) is 0 Å². The maximum absolute atomic E-state index is 10.5. The Morgan fingerprint density at radius 1 is 1.06 bits per heavy atom. The number of rotatable bonds is 10. The van der Waals surface area contributed by atoms with Crippen molar-refractivity contribution < 1.29 is 14.6 Å². The summed E-state index contributed by atoms with van der Waals surface area (Å²) in [5.41, 5.74) is 0. The molecule has 0 fully saturated rings. The normalized spacial score (nSPS) is 10.9. The monoisotopic (exact) mass is 228 g/mol. The average molecular weight is 228 g/mol. The fourth-order valence-corrected chi connectivity index (χ4v) is 1.42. The van der Waals surface area contributed by atoms with Crippen molar-refractivity contribution in [3.8, 4) is 0 Å². The zero-order valence-corrected chi connectivity index (χ0v) is 10.3. The number of hydrogen-bond acceptors (Lipinski definition) is 3. The molecule has 0 aromatic heterocycles. The molecule has 3 nitrogen and oxygen atoms in total. The largest absolute Gasteiger partial charge is 0.466 e. The molecule has 0 aliphatic heterocycles. The Balaban J connectivity index is 3.01. The van der Waals surface area contributed by atoms with Crippen LogP contribution in [-0.2, 0) is 9.53 Å². The van der Waals surface area contributed by atoms with Gasteiger partial charge in [0.15, 0.2) is 0 Å². The van der Waals surface area contributed by atoms with Crippen LogP contribution < -0.4 is 0 Å². The van der Waals surface area contributed by atoms with Gasteiger partial charge in [0, 0.05) is 13.5 Å². The van der Waals surface area contributed by atoms with Gasteiger partial charge >= 0.3 is 5.97 Å². The van der Waals surface area contributed by atoms with Crippen molar-refractivity contribution in [2.75, 3.05) is 13.2 Å².